The van der Waals surface area contributed by atoms with Crippen LogP contribution in [0.3, 0.4) is 0 Å². The fraction of sp³-hybridized carbons (Fsp3) is 0.286. The molecule has 1 heterocycles. The molecule has 4 nitrogen and oxygen atoms in total. The average Bonchev–Trinajstić information content (AvgIpc) is 3.20. The number of carbonyl (C=O) groups excluding carboxylic acids is 1. The second-order valence-corrected chi connectivity index (χ2v) is 6.81. The van der Waals surface area contributed by atoms with Crippen molar-refractivity contribution >= 4 is 56.5 Å². The summed E-state index contributed by atoms with van der Waals surface area (Å²) in [4.78, 5) is 25.3. The predicted octanol–water partition coefficient (Wildman–Crippen LogP) is 3.90. The number of amides is 1. The Labute approximate surface area is 134 Å². The maximum absolute atomic E-state index is 12.6. The van der Waals surface area contributed by atoms with Crippen LogP contribution >= 0.6 is 34.5 Å². The van der Waals surface area contributed by atoms with Gasteiger partial charge in [-0.1, -0.05) is 29.3 Å². The van der Waals surface area contributed by atoms with Gasteiger partial charge in [0.05, 0.1) is 5.02 Å². The highest BCUT2D eigenvalue weighted by Crippen LogP contribution is 2.39. The molecule has 1 aliphatic rings. The molecule has 2 aromatic rings. The highest BCUT2D eigenvalue weighted by molar-refractivity contribution is 7.21. The number of aliphatic carboxylic acids is 1. The van der Waals surface area contributed by atoms with Gasteiger partial charge >= 0.3 is 5.97 Å². The van der Waals surface area contributed by atoms with E-state index in [9.17, 15) is 9.59 Å². The van der Waals surface area contributed by atoms with E-state index in [2.05, 4.69) is 0 Å². The first-order chi connectivity index (χ1) is 9.97. The Balaban J connectivity index is 2.00. The molecule has 0 unspecified atom stereocenters. The van der Waals surface area contributed by atoms with Crippen LogP contribution in [0.5, 0.6) is 0 Å². The van der Waals surface area contributed by atoms with Gasteiger partial charge in [0.2, 0.25) is 0 Å². The molecule has 1 saturated carbocycles. The van der Waals surface area contributed by atoms with Crippen LogP contribution < -0.4 is 0 Å². The maximum atomic E-state index is 12.6. The molecule has 3 rings (SSSR count). The molecule has 21 heavy (non-hydrogen) atoms. The predicted molar refractivity (Wildman–Crippen MR) is 83.5 cm³/mol. The normalized spacial score (nSPS) is 14.4. The van der Waals surface area contributed by atoms with Gasteiger partial charge in [0.1, 0.15) is 11.4 Å². The molecule has 0 saturated heterocycles. The molecule has 1 amide bonds. The molecular weight excluding hydrogens is 333 g/mol. The van der Waals surface area contributed by atoms with Gasteiger partial charge in [0, 0.05) is 21.2 Å². The number of thiophene rings is 1. The SMILES string of the molecule is O=C(O)CN(C(=O)c1sc2cc(Cl)ccc2c1Cl)C1CC1. The Morgan fingerprint density at radius 2 is 2.05 bits per heavy atom. The fourth-order valence-corrected chi connectivity index (χ4v) is 3.95. The summed E-state index contributed by atoms with van der Waals surface area (Å²) < 4.78 is 0.821. The maximum Gasteiger partial charge on any atom is 0.323 e. The molecule has 110 valence electrons. The number of carboxylic acids is 1. The van der Waals surface area contributed by atoms with E-state index in [1.54, 1.807) is 18.2 Å². The number of hydrogen-bond donors (Lipinski definition) is 1. The molecule has 0 radical (unpaired) electrons. The summed E-state index contributed by atoms with van der Waals surface area (Å²) in [6.07, 6.45) is 1.68. The first-order valence-corrected chi connectivity index (χ1v) is 7.95. The third kappa shape index (κ3) is 2.86. The summed E-state index contributed by atoms with van der Waals surface area (Å²) >= 11 is 13.5. The molecule has 0 bridgehead atoms. The van der Waals surface area contributed by atoms with Gasteiger partial charge in [0.15, 0.2) is 0 Å². The van der Waals surface area contributed by atoms with Crippen molar-refractivity contribution in [2.75, 3.05) is 6.54 Å². The Bertz CT molecular complexity index is 739. The minimum absolute atomic E-state index is 0.0125. The van der Waals surface area contributed by atoms with Crippen LogP contribution in [0.15, 0.2) is 18.2 Å². The van der Waals surface area contributed by atoms with Gasteiger partial charge in [-0.05, 0) is 25.0 Å². The lowest BCUT2D eigenvalue weighted by Crippen LogP contribution is -2.37. The number of fused-ring (bicyclic) bond motifs is 1. The summed E-state index contributed by atoms with van der Waals surface area (Å²) in [5, 5.41) is 10.7. The lowest BCUT2D eigenvalue weighted by molar-refractivity contribution is -0.137. The quantitative estimate of drug-likeness (QED) is 0.915. The molecule has 1 aliphatic carbocycles. The lowest BCUT2D eigenvalue weighted by atomic mass is 10.2. The number of rotatable bonds is 4. The van der Waals surface area contributed by atoms with Crippen molar-refractivity contribution in [2.45, 2.75) is 18.9 Å². The van der Waals surface area contributed by atoms with E-state index < -0.39 is 5.97 Å². The highest BCUT2D eigenvalue weighted by atomic mass is 35.5. The zero-order chi connectivity index (χ0) is 15.1. The zero-order valence-corrected chi connectivity index (χ0v) is 13.1. The molecular formula is C14H11Cl2NO3S. The van der Waals surface area contributed by atoms with E-state index in [1.807, 2.05) is 0 Å². The van der Waals surface area contributed by atoms with Crippen LogP contribution in [0.4, 0.5) is 0 Å². The van der Waals surface area contributed by atoms with Crippen molar-refractivity contribution in [1.82, 2.24) is 4.90 Å². The van der Waals surface area contributed by atoms with Gasteiger partial charge in [-0.15, -0.1) is 11.3 Å². The number of carboxylic acid groups (broad SMARTS) is 1. The minimum Gasteiger partial charge on any atom is -0.480 e. The van der Waals surface area contributed by atoms with Crippen LogP contribution in [0.2, 0.25) is 10.0 Å². The standard InChI is InChI=1S/C14H11Cl2NO3S/c15-7-1-4-9-10(5-7)21-13(12(9)16)14(20)17(6-11(18)19)8-2-3-8/h1,4-5,8H,2-3,6H2,(H,18,19). The first-order valence-electron chi connectivity index (χ1n) is 6.37. The fourth-order valence-electron chi connectivity index (χ4n) is 2.21. The van der Waals surface area contributed by atoms with Crippen molar-refractivity contribution < 1.29 is 14.7 Å². The molecule has 1 aromatic carbocycles. The molecule has 1 aromatic heterocycles. The van der Waals surface area contributed by atoms with Crippen molar-refractivity contribution in [3.05, 3.63) is 33.1 Å². The molecule has 0 atom stereocenters. The second-order valence-electron chi connectivity index (χ2n) is 4.94. The largest absolute Gasteiger partial charge is 0.480 e. The van der Waals surface area contributed by atoms with Gasteiger partial charge in [0.25, 0.3) is 5.91 Å². The van der Waals surface area contributed by atoms with Gasteiger partial charge < -0.3 is 10.0 Å². The summed E-state index contributed by atoms with van der Waals surface area (Å²) in [6, 6.07) is 5.25. The van der Waals surface area contributed by atoms with Crippen LogP contribution in [-0.2, 0) is 4.79 Å². The van der Waals surface area contributed by atoms with E-state index in [4.69, 9.17) is 28.3 Å². The van der Waals surface area contributed by atoms with Crippen molar-refractivity contribution in [2.24, 2.45) is 0 Å². The summed E-state index contributed by atoms with van der Waals surface area (Å²) in [6.45, 7) is -0.297. The lowest BCUT2D eigenvalue weighted by Gasteiger charge is -2.19. The van der Waals surface area contributed by atoms with E-state index in [1.165, 1.54) is 16.2 Å². The van der Waals surface area contributed by atoms with Crippen LogP contribution in [0, 0.1) is 0 Å². The van der Waals surface area contributed by atoms with E-state index >= 15 is 0 Å². The van der Waals surface area contributed by atoms with Gasteiger partial charge in [-0.2, -0.15) is 0 Å². The zero-order valence-electron chi connectivity index (χ0n) is 10.8. The summed E-state index contributed by atoms with van der Waals surface area (Å²) in [7, 11) is 0. The Kier molecular flexibility index (Phi) is 3.82. The number of halogens is 2. The monoisotopic (exact) mass is 343 g/mol. The molecule has 1 fully saturated rings. The Hall–Kier alpha value is -1.30. The number of carbonyl (C=O) groups is 2. The summed E-state index contributed by atoms with van der Waals surface area (Å²) in [5.41, 5.74) is 0. The number of benzene rings is 1. The molecule has 1 N–H and O–H groups in total. The van der Waals surface area contributed by atoms with Crippen molar-refractivity contribution in [3.8, 4) is 0 Å². The average molecular weight is 344 g/mol. The number of hydrogen-bond acceptors (Lipinski definition) is 3. The van der Waals surface area contributed by atoms with Gasteiger partial charge in [-0.3, -0.25) is 9.59 Å². The third-order valence-electron chi connectivity index (χ3n) is 3.34. The van der Waals surface area contributed by atoms with Gasteiger partial charge in [-0.25, -0.2) is 0 Å². The van der Waals surface area contributed by atoms with Crippen LogP contribution in [0.1, 0.15) is 22.5 Å². The topological polar surface area (TPSA) is 57.6 Å². The van der Waals surface area contributed by atoms with Crippen molar-refractivity contribution in [1.29, 1.82) is 0 Å². The van der Waals surface area contributed by atoms with E-state index in [-0.39, 0.29) is 18.5 Å². The summed E-state index contributed by atoms with van der Waals surface area (Å²) in [5.74, 6) is -1.34. The molecule has 7 heteroatoms. The second kappa shape index (κ2) is 5.48. The third-order valence-corrected chi connectivity index (χ3v) is 5.22. The molecule has 0 spiro atoms. The van der Waals surface area contributed by atoms with Crippen LogP contribution in [0.25, 0.3) is 10.1 Å². The molecule has 0 aliphatic heterocycles. The van der Waals surface area contributed by atoms with E-state index in [0.29, 0.717) is 14.9 Å². The Morgan fingerprint density at radius 1 is 1.33 bits per heavy atom. The first kappa shape index (κ1) is 14.6. The van der Waals surface area contributed by atoms with E-state index in [0.717, 1.165) is 22.9 Å². The smallest absolute Gasteiger partial charge is 0.323 e. The van der Waals surface area contributed by atoms with Crippen molar-refractivity contribution in [3.63, 3.8) is 0 Å². The Morgan fingerprint density at radius 3 is 2.67 bits per heavy atom. The number of nitrogens with zero attached hydrogens (tertiary/aromatic N) is 1. The highest BCUT2D eigenvalue weighted by Gasteiger charge is 2.36. The van der Waals surface area contributed by atoms with Crippen LogP contribution in [-0.4, -0.2) is 34.5 Å². The minimum atomic E-state index is -1.02.